The Bertz CT molecular complexity index is 927. The number of amides is 1. The third-order valence-corrected chi connectivity index (χ3v) is 5.47. The van der Waals surface area contributed by atoms with Gasteiger partial charge in [0.25, 0.3) is 0 Å². The minimum atomic E-state index is -0.0980. The van der Waals surface area contributed by atoms with Gasteiger partial charge in [0, 0.05) is 24.2 Å². The maximum Gasteiger partial charge on any atom is 0.234 e. The van der Waals surface area contributed by atoms with Gasteiger partial charge in [-0.05, 0) is 36.6 Å². The predicted molar refractivity (Wildman–Crippen MR) is 110 cm³/mol. The highest BCUT2D eigenvalue weighted by Gasteiger charge is 2.12. The van der Waals surface area contributed by atoms with Crippen LogP contribution in [0.1, 0.15) is 17.0 Å². The van der Waals surface area contributed by atoms with Crippen molar-refractivity contribution >= 4 is 35.0 Å². The van der Waals surface area contributed by atoms with Gasteiger partial charge >= 0.3 is 0 Å². The van der Waals surface area contributed by atoms with E-state index in [1.54, 1.807) is 12.1 Å². The zero-order valence-corrected chi connectivity index (χ0v) is 16.8. The number of aryl methyl sites for hydroxylation is 3. The van der Waals surface area contributed by atoms with E-state index in [0.717, 1.165) is 35.1 Å². The van der Waals surface area contributed by atoms with E-state index in [2.05, 4.69) is 27.6 Å². The fraction of sp³-hybridized carbons (Fsp3) is 0.250. The smallest absolute Gasteiger partial charge is 0.234 e. The number of benzene rings is 2. The topological polar surface area (TPSA) is 59.8 Å². The number of thioether (sulfide) groups is 1. The van der Waals surface area contributed by atoms with E-state index in [0.29, 0.717) is 5.02 Å². The summed E-state index contributed by atoms with van der Waals surface area (Å²) >= 11 is 7.36. The van der Waals surface area contributed by atoms with Crippen LogP contribution in [-0.4, -0.2) is 26.4 Å². The number of nitrogens with zero attached hydrogens (tertiary/aromatic N) is 3. The van der Waals surface area contributed by atoms with E-state index in [1.807, 2.05) is 42.8 Å². The SMILES string of the molecule is Cc1ccc(Cl)cc1NC(=O)CSc1nnc(CCc2ccccc2)n1C. The Hall–Kier alpha value is -2.31. The van der Waals surface area contributed by atoms with Crippen LogP contribution in [0.3, 0.4) is 0 Å². The van der Waals surface area contributed by atoms with Crippen LogP contribution in [0.2, 0.25) is 5.02 Å². The monoisotopic (exact) mass is 400 g/mol. The van der Waals surface area contributed by atoms with Gasteiger partial charge in [-0.3, -0.25) is 4.79 Å². The molecule has 5 nitrogen and oxygen atoms in total. The molecule has 0 aliphatic carbocycles. The van der Waals surface area contributed by atoms with E-state index >= 15 is 0 Å². The van der Waals surface area contributed by atoms with E-state index < -0.39 is 0 Å². The summed E-state index contributed by atoms with van der Waals surface area (Å²) in [4.78, 5) is 12.2. The molecule has 0 radical (unpaired) electrons. The first-order chi connectivity index (χ1) is 13.0. The molecule has 0 fully saturated rings. The number of nitrogens with one attached hydrogen (secondary N) is 1. The van der Waals surface area contributed by atoms with Crippen molar-refractivity contribution in [2.45, 2.75) is 24.9 Å². The molecule has 3 aromatic rings. The van der Waals surface area contributed by atoms with Crippen molar-refractivity contribution in [2.24, 2.45) is 7.05 Å². The van der Waals surface area contributed by atoms with Gasteiger partial charge in [-0.15, -0.1) is 10.2 Å². The summed E-state index contributed by atoms with van der Waals surface area (Å²) in [5, 5.41) is 12.7. The number of halogens is 1. The van der Waals surface area contributed by atoms with Crippen LogP contribution >= 0.6 is 23.4 Å². The van der Waals surface area contributed by atoms with E-state index in [-0.39, 0.29) is 11.7 Å². The minimum Gasteiger partial charge on any atom is -0.325 e. The number of carbonyl (C=O) groups is 1. The summed E-state index contributed by atoms with van der Waals surface area (Å²) in [6, 6.07) is 15.7. The zero-order chi connectivity index (χ0) is 19.2. The highest BCUT2D eigenvalue weighted by atomic mass is 35.5. The number of hydrogen-bond donors (Lipinski definition) is 1. The molecule has 0 atom stereocenters. The number of carbonyl (C=O) groups excluding carboxylic acids is 1. The lowest BCUT2D eigenvalue weighted by atomic mass is 10.1. The second kappa shape index (κ2) is 9.06. The molecule has 0 spiro atoms. The normalized spacial score (nSPS) is 10.8. The Balaban J connectivity index is 1.54. The second-order valence-electron chi connectivity index (χ2n) is 6.24. The molecule has 0 bridgehead atoms. The molecule has 7 heteroatoms. The Morgan fingerprint density at radius 3 is 2.70 bits per heavy atom. The maximum absolute atomic E-state index is 12.2. The predicted octanol–water partition coefficient (Wildman–Crippen LogP) is 4.29. The molecule has 0 saturated carbocycles. The third kappa shape index (κ3) is 5.34. The van der Waals surface area contributed by atoms with Crippen LogP contribution in [0.25, 0.3) is 0 Å². The summed E-state index contributed by atoms with van der Waals surface area (Å²) in [5.74, 6) is 1.07. The first-order valence-electron chi connectivity index (χ1n) is 8.64. The summed E-state index contributed by atoms with van der Waals surface area (Å²) in [5.41, 5.74) is 2.97. The van der Waals surface area contributed by atoms with Gasteiger partial charge in [-0.25, -0.2) is 0 Å². The van der Waals surface area contributed by atoms with Crippen molar-refractivity contribution in [3.8, 4) is 0 Å². The third-order valence-electron chi connectivity index (χ3n) is 4.21. The van der Waals surface area contributed by atoms with Gasteiger partial charge in [-0.1, -0.05) is 59.8 Å². The number of hydrogen-bond acceptors (Lipinski definition) is 4. The van der Waals surface area contributed by atoms with Gasteiger partial charge in [0.15, 0.2) is 5.16 Å². The highest BCUT2D eigenvalue weighted by molar-refractivity contribution is 7.99. The summed E-state index contributed by atoms with van der Waals surface area (Å²) in [6.07, 6.45) is 1.72. The lowest BCUT2D eigenvalue weighted by Crippen LogP contribution is -2.15. The molecule has 1 amide bonds. The Labute approximate surface area is 168 Å². The largest absolute Gasteiger partial charge is 0.325 e. The van der Waals surface area contributed by atoms with Crippen molar-refractivity contribution in [2.75, 3.05) is 11.1 Å². The molecule has 2 aromatic carbocycles. The number of anilines is 1. The van der Waals surface area contributed by atoms with Crippen molar-refractivity contribution < 1.29 is 4.79 Å². The average Bonchev–Trinajstić information content (AvgIpc) is 3.02. The summed E-state index contributed by atoms with van der Waals surface area (Å²) < 4.78 is 1.95. The molecule has 1 aromatic heterocycles. The first-order valence-corrected chi connectivity index (χ1v) is 10.0. The molecule has 1 heterocycles. The summed E-state index contributed by atoms with van der Waals surface area (Å²) in [6.45, 7) is 1.93. The standard InChI is InChI=1S/C20H21ClN4OS/c1-14-8-10-16(21)12-17(14)22-19(26)13-27-20-24-23-18(25(20)2)11-9-15-6-4-3-5-7-15/h3-8,10,12H,9,11,13H2,1-2H3,(H,22,26). The fourth-order valence-electron chi connectivity index (χ4n) is 2.63. The number of aromatic nitrogens is 3. The van der Waals surface area contributed by atoms with Crippen LogP contribution in [-0.2, 0) is 24.7 Å². The molecule has 1 N–H and O–H groups in total. The van der Waals surface area contributed by atoms with Crippen LogP contribution in [0.5, 0.6) is 0 Å². The fourth-order valence-corrected chi connectivity index (χ4v) is 3.54. The van der Waals surface area contributed by atoms with Crippen molar-refractivity contribution in [1.29, 1.82) is 0 Å². The molecule has 27 heavy (non-hydrogen) atoms. The van der Waals surface area contributed by atoms with Crippen LogP contribution in [0.4, 0.5) is 5.69 Å². The molecule has 140 valence electrons. The molecule has 0 aliphatic rings. The van der Waals surface area contributed by atoms with Crippen LogP contribution in [0, 0.1) is 6.92 Å². The summed E-state index contributed by atoms with van der Waals surface area (Å²) in [7, 11) is 1.93. The van der Waals surface area contributed by atoms with Gasteiger partial charge < -0.3 is 9.88 Å². The number of rotatable bonds is 7. The molecule has 3 rings (SSSR count). The molecular weight excluding hydrogens is 380 g/mol. The zero-order valence-electron chi connectivity index (χ0n) is 15.3. The highest BCUT2D eigenvalue weighted by Crippen LogP contribution is 2.21. The average molecular weight is 401 g/mol. The van der Waals surface area contributed by atoms with Crippen LogP contribution < -0.4 is 5.32 Å². The Kier molecular flexibility index (Phi) is 6.53. The van der Waals surface area contributed by atoms with Gasteiger partial charge in [-0.2, -0.15) is 0 Å². The van der Waals surface area contributed by atoms with Gasteiger partial charge in [0.05, 0.1) is 5.75 Å². The quantitative estimate of drug-likeness (QED) is 0.601. The second-order valence-corrected chi connectivity index (χ2v) is 7.62. The van der Waals surface area contributed by atoms with Gasteiger partial charge in [0.1, 0.15) is 5.82 Å². The lowest BCUT2D eigenvalue weighted by Gasteiger charge is -2.08. The molecule has 0 aliphatic heterocycles. The van der Waals surface area contributed by atoms with E-state index in [9.17, 15) is 4.79 Å². The van der Waals surface area contributed by atoms with Crippen molar-refractivity contribution in [3.05, 3.63) is 70.5 Å². The lowest BCUT2D eigenvalue weighted by molar-refractivity contribution is -0.113. The Morgan fingerprint density at radius 2 is 1.93 bits per heavy atom. The Morgan fingerprint density at radius 1 is 1.15 bits per heavy atom. The van der Waals surface area contributed by atoms with Gasteiger partial charge in [0.2, 0.25) is 5.91 Å². The van der Waals surface area contributed by atoms with Crippen LogP contribution in [0.15, 0.2) is 53.7 Å². The molecule has 0 saturated heterocycles. The molecular formula is C20H21ClN4OS. The van der Waals surface area contributed by atoms with E-state index in [1.165, 1.54) is 17.3 Å². The molecule has 0 unspecified atom stereocenters. The minimum absolute atomic E-state index is 0.0980. The van der Waals surface area contributed by atoms with Crippen molar-refractivity contribution in [3.63, 3.8) is 0 Å². The van der Waals surface area contributed by atoms with E-state index in [4.69, 9.17) is 11.6 Å². The van der Waals surface area contributed by atoms with Crippen molar-refractivity contribution in [1.82, 2.24) is 14.8 Å². The first kappa shape index (κ1) is 19.5. The maximum atomic E-state index is 12.2.